The monoisotopic (exact) mass is 360 g/mol. The molecule has 6 nitrogen and oxygen atoms in total. The highest BCUT2D eigenvalue weighted by atomic mass is 35.5. The van der Waals surface area contributed by atoms with Crippen LogP contribution in [0.5, 0.6) is 0 Å². The van der Waals surface area contributed by atoms with Gasteiger partial charge in [0.05, 0.1) is 19.5 Å². The Morgan fingerprint density at radius 2 is 1.84 bits per heavy atom. The predicted octanol–water partition coefficient (Wildman–Crippen LogP) is 2.56. The van der Waals surface area contributed by atoms with Crippen molar-refractivity contribution < 1.29 is 18.7 Å². The number of furan rings is 1. The van der Waals surface area contributed by atoms with Crippen molar-refractivity contribution in [3.8, 4) is 0 Å². The molecule has 2 aromatic rings. The van der Waals surface area contributed by atoms with Crippen LogP contribution in [0, 0.1) is 0 Å². The van der Waals surface area contributed by atoms with Crippen LogP contribution in [0.1, 0.15) is 16.1 Å². The second-order valence-corrected chi connectivity index (χ2v) is 5.88. The maximum Gasteiger partial charge on any atom is 0.270 e. The summed E-state index contributed by atoms with van der Waals surface area (Å²) in [5.74, 6) is -0.189. The molecule has 3 rings (SSSR count). The first-order valence-electron chi connectivity index (χ1n) is 7.82. The fraction of sp³-hybridized carbons (Fsp3) is 0.222. The van der Waals surface area contributed by atoms with Gasteiger partial charge in [-0.2, -0.15) is 0 Å². The molecular weight excluding hydrogens is 344 g/mol. The molecule has 1 fully saturated rings. The van der Waals surface area contributed by atoms with Gasteiger partial charge in [0.2, 0.25) is 0 Å². The highest BCUT2D eigenvalue weighted by Gasteiger charge is 2.23. The lowest BCUT2D eigenvalue weighted by Gasteiger charge is -2.27. The summed E-state index contributed by atoms with van der Waals surface area (Å²) in [6, 6.07) is 9.86. The summed E-state index contributed by atoms with van der Waals surface area (Å²) in [6.45, 7) is 1.91. The van der Waals surface area contributed by atoms with Gasteiger partial charge in [0.1, 0.15) is 11.5 Å². The number of carbonyl (C=O) groups is 2. The van der Waals surface area contributed by atoms with Crippen molar-refractivity contribution in [2.45, 2.75) is 0 Å². The first-order valence-corrected chi connectivity index (χ1v) is 8.20. The van der Waals surface area contributed by atoms with Crippen molar-refractivity contribution >= 4 is 29.5 Å². The van der Waals surface area contributed by atoms with Crippen LogP contribution in [-0.2, 0) is 9.53 Å². The smallest absolute Gasteiger partial charge is 0.270 e. The molecule has 0 radical (unpaired) electrons. The van der Waals surface area contributed by atoms with Gasteiger partial charge in [-0.3, -0.25) is 9.59 Å². The lowest BCUT2D eigenvalue weighted by molar-refractivity contribution is -0.131. The number of amides is 2. The average Bonchev–Trinajstić information content (AvgIpc) is 3.15. The Kier molecular flexibility index (Phi) is 5.53. The van der Waals surface area contributed by atoms with E-state index in [1.807, 2.05) is 0 Å². The summed E-state index contributed by atoms with van der Waals surface area (Å²) in [7, 11) is 0. The van der Waals surface area contributed by atoms with Crippen LogP contribution in [0.4, 0.5) is 0 Å². The second-order valence-electron chi connectivity index (χ2n) is 5.44. The number of hydrogen-bond donors (Lipinski definition) is 1. The van der Waals surface area contributed by atoms with Crippen molar-refractivity contribution in [2.75, 3.05) is 26.3 Å². The summed E-state index contributed by atoms with van der Waals surface area (Å²) >= 11 is 5.84. The van der Waals surface area contributed by atoms with E-state index in [1.54, 1.807) is 41.3 Å². The van der Waals surface area contributed by atoms with E-state index in [0.717, 1.165) is 0 Å². The summed E-state index contributed by atoms with van der Waals surface area (Å²) in [5, 5.41) is 3.21. The molecule has 0 atom stereocenters. The van der Waals surface area contributed by atoms with Crippen LogP contribution in [0.15, 0.2) is 52.8 Å². The van der Waals surface area contributed by atoms with Gasteiger partial charge in [0.25, 0.3) is 11.8 Å². The molecule has 0 aliphatic carbocycles. The van der Waals surface area contributed by atoms with Gasteiger partial charge in [0, 0.05) is 29.8 Å². The van der Waals surface area contributed by atoms with Crippen LogP contribution >= 0.6 is 11.6 Å². The standard InChI is InChI=1S/C18H17ClN2O4/c19-14-5-3-13(4-6-14)17(22)20-16(12-15-2-1-9-25-15)18(23)21-7-10-24-11-8-21/h1-6,9,12H,7-8,10-11H2,(H,20,22)/b16-12+. The summed E-state index contributed by atoms with van der Waals surface area (Å²) < 4.78 is 10.5. The summed E-state index contributed by atoms with van der Waals surface area (Å²) in [5.41, 5.74) is 0.557. The van der Waals surface area contributed by atoms with E-state index >= 15 is 0 Å². The lowest BCUT2D eigenvalue weighted by atomic mass is 10.2. The molecule has 1 aliphatic heterocycles. The van der Waals surface area contributed by atoms with Gasteiger partial charge in [0.15, 0.2) is 0 Å². The number of carbonyl (C=O) groups excluding carboxylic acids is 2. The van der Waals surface area contributed by atoms with E-state index in [1.165, 1.54) is 12.3 Å². The van der Waals surface area contributed by atoms with Crippen molar-refractivity contribution in [2.24, 2.45) is 0 Å². The second kappa shape index (κ2) is 8.00. The largest absolute Gasteiger partial charge is 0.465 e. The summed E-state index contributed by atoms with van der Waals surface area (Å²) in [6.07, 6.45) is 3.02. The van der Waals surface area contributed by atoms with Crippen LogP contribution in [0.2, 0.25) is 5.02 Å². The lowest BCUT2D eigenvalue weighted by Crippen LogP contribution is -2.44. The molecule has 130 valence electrons. The third kappa shape index (κ3) is 4.49. The number of rotatable bonds is 4. The molecule has 1 aliphatic rings. The van der Waals surface area contributed by atoms with E-state index in [4.69, 9.17) is 20.8 Å². The minimum absolute atomic E-state index is 0.150. The van der Waals surface area contributed by atoms with E-state index < -0.39 is 5.91 Å². The Bertz CT molecular complexity index is 763. The topological polar surface area (TPSA) is 71.8 Å². The average molecular weight is 361 g/mol. The van der Waals surface area contributed by atoms with Gasteiger partial charge in [-0.15, -0.1) is 0 Å². The first-order chi connectivity index (χ1) is 12.1. The number of nitrogens with zero attached hydrogens (tertiary/aromatic N) is 1. The van der Waals surface area contributed by atoms with Crippen molar-refractivity contribution in [3.63, 3.8) is 0 Å². The van der Waals surface area contributed by atoms with Gasteiger partial charge in [-0.05, 0) is 36.4 Å². The van der Waals surface area contributed by atoms with Crippen molar-refractivity contribution in [1.29, 1.82) is 0 Å². The van der Waals surface area contributed by atoms with Crippen LogP contribution < -0.4 is 5.32 Å². The maximum atomic E-state index is 12.8. The first kappa shape index (κ1) is 17.3. The highest BCUT2D eigenvalue weighted by Crippen LogP contribution is 2.13. The third-order valence-electron chi connectivity index (χ3n) is 3.71. The Hall–Kier alpha value is -2.57. The molecule has 2 heterocycles. The minimum Gasteiger partial charge on any atom is -0.465 e. The van der Waals surface area contributed by atoms with Crippen LogP contribution in [0.3, 0.4) is 0 Å². The molecular formula is C18H17ClN2O4. The molecule has 0 spiro atoms. The molecule has 1 N–H and O–H groups in total. The number of ether oxygens (including phenoxy) is 1. The number of benzene rings is 1. The fourth-order valence-electron chi connectivity index (χ4n) is 2.40. The summed E-state index contributed by atoms with van der Waals surface area (Å²) in [4.78, 5) is 26.9. The zero-order chi connectivity index (χ0) is 17.6. The SMILES string of the molecule is O=C(N/C(=C/c1ccco1)C(=O)N1CCOCC1)c1ccc(Cl)cc1. The molecule has 2 amide bonds. The molecule has 0 bridgehead atoms. The predicted molar refractivity (Wildman–Crippen MR) is 93.0 cm³/mol. The van der Waals surface area contributed by atoms with Gasteiger partial charge < -0.3 is 19.4 Å². The molecule has 1 saturated heterocycles. The van der Waals surface area contributed by atoms with E-state index in [2.05, 4.69) is 5.32 Å². The quantitative estimate of drug-likeness (QED) is 0.850. The van der Waals surface area contributed by atoms with E-state index in [-0.39, 0.29) is 11.6 Å². The van der Waals surface area contributed by atoms with Crippen molar-refractivity contribution in [3.05, 3.63) is 64.7 Å². The van der Waals surface area contributed by atoms with Gasteiger partial charge in [-0.25, -0.2) is 0 Å². The molecule has 0 saturated carbocycles. The Balaban J connectivity index is 1.82. The molecule has 7 heteroatoms. The van der Waals surface area contributed by atoms with Crippen LogP contribution in [-0.4, -0.2) is 43.0 Å². The van der Waals surface area contributed by atoms with Crippen molar-refractivity contribution in [1.82, 2.24) is 10.2 Å². The maximum absolute atomic E-state index is 12.8. The fourth-order valence-corrected chi connectivity index (χ4v) is 2.53. The molecule has 1 aromatic heterocycles. The Labute approximate surface area is 150 Å². The number of hydrogen-bond acceptors (Lipinski definition) is 4. The Morgan fingerprint density at radius 1 is 1.12 bits per heavy atom. The van der Waals surface area contributed by atoms with Gasteiger partial charge in [-0.1, -0.05) is 11.6 Å². The number of morpholine rings is 1. The molecule has 25 heavy (non-hydrogen) atoms. The van der Waals surface area contributed by atoms with Crippen LogP contribution in [0.25, 0.3) is 6.08 Å². The third-order valence-corrected chi connectivity index (χ3v) is 3.97. The molecule has 0 unspecified atom stereocenters. The minimum atomic E-state index is -0.393. The van der Waals surface area contributed by atoms with Gasteiger partial charge >= 0.3 is 0 Å². The Morgan fingerprint density at radius 3 is 2.48 bits per heavy atom. The number of halogens is 1. The van der Waals surface area contributed by atoms with E-state index in [0.29, 0.717) is 42.6 Å². The zero-order valence-electron chi connectivity index (χ0n) is 13.4. The normalized spacial score (nSPS) is 15.1. The van der Waals surface area contributed by atoms with E-state index in [9.17, 15) is 9.59 Å². The molecule has 1 aromatic carbocycles. The zero-order valence-corrected chi connectivity index (χ0v) is 14.2. The number of nitrogens with one attached hydrogen (secondary N) is 1. The highest BCUT2D eigenvalue weighted by molar-refractivity contribution is 6.30.